The number of pyridine rings is 1. The number of aromatic nitrogens is 1. The highest BCUT2D eigenvalue weighted by atomic mass is 16.6. The Bertz CT molecular complexity index is 830. The molecule has 1 heterocycles. The first-order chi connectivity index (χ1) is 17.3. The quantitative estimate of drug-likeness (QED) is 0.158. The van der Waals surface area contributed by atoms with Crippen LogP contribution in [-0.4, -0.2) is 58.4 Å². The van der Waals surface area contributed by atoms with Crippen molar-refractivity contribution in [1.82, 2.24) is 26.3 Å². The molecular formula is C27H53N7O2. The van der Waals surface area contributed by atoms with Gasteiger partial charge in [-0.15, -0.1) is 0 Å². The Morgan fingerprint density at radius 3 is 2.25 bits per heavy atom. The molecule has 1 aliphatic carbocycles. The SMILES string of the molecule is C/C=C(\NC)C(=O)N[C@H](CONc1cc(C)c(/C(=C/C)NC)cn1)C1CCC(C)CC1.C=N.CNC.[HH].[HH]. The van der Waals surface area contributed by atoms with E-state index in [1.165, 1.54) is 12.8 Å². The van der Waals surface area contributed by atoms with Crippen molar-refractivity contribution in [3.05, 3.63) is 41.2 Å². The van der Waals surface area contributed by atoms with Gasteiger partial charge in [-0.3, -0.25) is 9.63 Å². The molecule has 2 rings (SSSR count). The zero-order valence-electron chi connectivity index (χ0n) is 23.5. The number of rotatable bonds is 10. The Balaban J connectivity index is -0.00000163. The van der Waals surface area contributed by atoms with Crippen LogP contribution in [0, 0.1) is 24.2 Å². The summed E-state index contributed by atoms with van der Waals surface area (Å²) in [6.45, 7) is 11.1. The van der Waals surface area contributed by atoms with Crippen molar-refractivity contribution >= 4 is 24.1 Å². The standard InChI is InChI=1S/C24H39N5O2.C2H7N.CH3N.2H2/c1-7-20(25-5)19-14-27-23(13-17(19)4)29-31-15-22(18-11-9-16(3)10-12-18)28-24(30)21(8-2)26-6;1-3-2;1-2;;/h7-8,13-14,16,18,22,25-26H,9-12,15H2,1-6H3,(H,27,29)(H,28,30);3H,1-2H3;2H,1H2;2*1H/b20-7-,21-8-;;;;/t16?,18?,22-;;;;/m1..../s1. The van der Waals surface area contributed by atoms with E-state index in [4.69, 9.17) is 10.2 Å². The summed E-state index contributed by atoms with van der Waals surface area (Å²) >= 11 is 0. The summed E-state index contributed by atoms with van der Waals surface area (Å²) in [5, 5.41) is 17.6. The van der Waals surface area contributed by atoms with E-state index in [9.17, 15) is 4.79 Å². The Hall–Kier alpha value is -2.91. The van der Waals surface area contributed by atoms with Crippen molar-refractivity contribution < 1.29 is 12.5 Å². The Morgan fingerprint density at radius 2 is 1.78 bits per heavy atom. The average Bonchev–Trinajstić information content (AvgIpc) is 2.88. The van der Waals surface area contributed by atoms with Gasteiger partial charge in [-0.1, -0.05) is 31.9 Å². The largest absolute Gasteiger partial charge is 0.388 e. The van der Waals surface area contributed by atoms with Crippen LogP contribution in [0.5, 0.6) is 0 Å². The summed E-state index contributed by atoms with van der Waals surface area (Å²) in [7, 11) is 7.41. The van der Waals surface area contributed by atoms with Crippen molar-refractivity contribution in [2.75, 3.05) is 40.3 Å². The first-order valence-electron chi connectivity index (χ1n) is 12.6. The number of nitrogens with one attached hydrogen (secondary N) is 6. The van der Waals surface area contributed by atoms with E-state index in [1.807, 2.05) is 60.3 Å². The molecule has 6 N–H and O–H groups in total. The molecule has 0 unspecified atom stereocenters. The molecule has 1 saturated carbocycles. The van der Waals surface area contributed by atoms with Crippen LogP contribution in [-0.2, 0) is 9.63 Å². The van der Waals surface area contributed by atoms with Gasteiger partial charge < -0.3 is 26.7 Å². The molecule has 1 aromatic rings. The van der Waals surface area contributed by atoms with E-state index in [-0.39, 0.29) is 14.8 Å². The van der Waals surface area contributed by atoms with E-state index in [2.05, 4.69) is 45.4 Å². The van der Waals surface area contributed by atoms with Gasteiger partial charge in [0.1, 0.15) is 5.82 Å². The maximum atomic E-state index is 12.6. The number of allylic oxidation sites excluding steroid dienone is 2. The van der Waals surface area contributed by atoms with E-state index in [0.717, 1.165) is 35.6 Å². The van der Waals surface area contributed by atoms with Crippen LogP contribution >= 0.6 is 0 Å². The van der Waals surface area contributed by atoms with E-state index < -0.39 is 0 Å². The fourth-order valence-corrected chi connectivity index (χ4v) is 4.15. The van der Waals surface area contributed by atoms with Crippen molar-refractivity contribution in [2.45, 2.75) is 59.4 Å². The third-order valence-electron chi connectivity index (χ3n) is 6.15. The fourth-order valence-electron chi connectivity index (χ4n) is 4.15. The van der Waals surface area contributed by atoms with Crippen molar-refractivity contribution in [2.24, 2.45) is 11.8 Å². The van der Waals surface area contributed by atoms with Gasteiger partial charge in [0.25, 0.3) is 5.91 Å². The van der Waals surface area contributed by atoms with Crippen LogP contribution in [0.25, 0.3) is 5.70 Å². The summed E-state index contributed by atoms with van der Waals surface area (Å²) in [6.07, 6.45) is 10.2. The minimum Gasteiger partial charge on any atom is -0.388 e. The molecule has 9 heteroatoms. The minimum atomic E-state index is -0.0958. The van der Waals surface area contributed by atoms with Gasteiger partial charge in [0.05, 0.1) is 18.3 Å². The number of amides is 1. The molecule has 0 saturated heterocycles. The predicted octanol–water partition coefficient (Wildman–Crippen LogP) is 4.34. The monoisotopic (exact) mass is 507 g/mol. The molecule has 208 valence electrons. The molecule has 0 aliphatic heterocycles. The van der Waals surface area contributed by atoms with Crippen molar-refractivity contribution in [1.29, 1.82) is 5.41 Å². The highest BCUT2D eigenvalue weighted by molar-refractivity contribution is 5.92. The molecular weight excluding hydrogens is 454 g/mol. The molecule has 9 nitrogen and oxygen atoms in total. The molecule has 0 aromatic carbocycles. The van der Waals surface area contributed by atoms with E-state index in [0.29, 0.717) is 24.0 Å². The van der Waals surface area contributed by atoms with Crippen LogP contribution in [0.1, 0.15) is 60.4 Å². The zero-order valence-corrected chi connectivity index (χ0v) is 23.5. The number of nitrogens with zero attached hydrogens (tertiary/aromatic N) is 1. The van der Waals surface area contributed by atoms with Gasteiger partial charge >= 0.3 is 0 Å². The number of hydrogen-bond donors (Lipinski definition) is 6. The zero-order chi connectivity index (χ0) is 27.5. The smallest absolute Gasteiger partial charge is 0.267 e. The maximum absolute atomic E-state index is 12.6. The minimum absolute atomic E-state index is 0. The summed E-state index contributed by atoms with van der Waals surface area (Å²) in [4.78, 5) is 22.9. The molecule has 0 bridgehead atoms. The number of carbonyl (C=O) groups excluding carboxylic acids is 1. The third-order valence-corrected chi connectivity index (χ3v) is 6.15. The van der Waals surface area contributed by atoms with Gasteiger partial charge in [0.2, 0.25) is 0 Å². The first kappa shape index (κ1) is 33.1. The number of anilines is 1. The van der Waals surface area contributed by atoms with Crippen molar-refractivity contribution in [3.8, 4) is 0 Å². The van der Waals surface area contributed by atoms with Crippen LogP contribution in [0.4, 0.5) is 5.82 Å². The van der Waals surface area contributed by atoms with Gasteiger partial charge in [-0.25, -0.2) is 10.5 Å². The third kappa shape index (κ3) is 11.2. The van der Waals surface area contributed by atoms with Gasteiger partial charge in [-0.05, 0) is 77.9 Å². The summed E-state index contributed by atoms with van der Waals surface area (Å²) in [6, 6.07) is 1.90. The lowest BCUT2D eigenvalue weighted by molar-refractivity contribution is -0.119. The summed E-state index contributed by atoms with van der Waals surface area (Å²) in [5.41, 5.74) is 6.73. The van der Waals surface area contributed by atoms with Gasteiger partial charge in [0.15, 0.2) is 0 Å². The predicted molar refractivity (Wildman–Crippen MR) is 156 cm³/mol. The first-order valence-corrected chi connectivity index (χ1v) is 12.6. The molecule has 36 heavy (non-hydrogen) atoms. The highest BCUT2D eigenvalue weighted by Gasteiger charge is 2.28. The van der Waals surface area contributed by atoms with Crippen molar-refractivity contribution in [3.63, 3.8) is 0 Å². The van der Waals surface area contributed by atoms with E-state index in [1.54, 1.807) is 13.1 Å². The molecule has 1 amide bonds. The van der Waals surface area contributed by atoms with Gasteiger partial charge in [-0.2, -0.15) is 0 Å². The molecule has 1 atom stereocenters. The number of hydrogen-bond acceptors (Lipinski definition) is 8. The van der Waals surface area contributed by atoms with Crippen LogP contribution in [0.15, 0.2) is 30.1 Å². The Labute approximate surface area is 221 Å². The Morgan fingerprint density at radius 1 is 1.17 bits per heavy atom. The fraction of sp³-hybridized carbons (Fsp3) is 0.593. The molecule has 0 spiro atoms. The maximum Gasteiger partial charge on any atom is 0.267 e. The van der Waals surface area contributed by atoms with Crippen LogP contribution in [0.3, 0.4) is 0 Å². The number of carbonyl (C=O) groups is 1. The lowest BCUT2D eigenvalue weighted by Gasteiger charge is -2.33. The van der Waals surface area contributed by atoms with E-state index >= 15 is 0 Å². The molecule has 1 aromatic heterocycles. The summed E-state index contributed by atoms with van der Waals surface area (Å²) in [5.74, 6) is 1.71. The summed E-state index contributed by atoms with van der Waals surface area (Å²) < 4.78 is 0. The Kier molecular flexibility index (Phi) is 17.7. The topological polar surface area (TPSA) is 123 Å². The molecule has 1 aliphatic rings. The van der Waals surface area contributed by atoms with Gasteiger partial charge in [0, 0.05) is 34.4 Å². The molecule has 0 radical (unpaired) electrons. The second kappa shape index (κ2) is 19.3. The number of aryl methyl sites for hydroxylation is 1. The van der Waals surface area contributed by atoms with Crippen LogP contribution in [0.2, 0.25) is 0 Å². The second-order valence-corrected chi connectivity index (χ2v) is 8.80. The molecule has 1 fully saturated rings. The highest BCUT2D eigenvalue weighted by Crippen LogP contribution is 2.30. The second-order valence-electron chi connectivity index (χ2n) is 8.80. The lowest BCUT2D eigenvalue weighted by atomic mass is 9.79. The average molecular weight is 508 g/mol. The normalized spacial score (nSPS) is 18.4. The number of likely N-dealkylation sites (N-methyl/N-ethyl adjacent to an activating group) is 1. The van der Waals surface area contributed by atoms with Crippen LogP contribution < -0.4 is 26.7 Å². The lowest BCUT2D eigenvalue weighted by Crippen LogP contribution is -2.46.